The van der Waals surface area contributed by atoms with Crippen LogP contribution in [-0.4, -0.2) is 257 Å². The summed E-state index contributed by atoms with van der Waals surface area (Å²) >= 11 is 6.02. The molecule has 2 N–H and O–H groups in total. The van der Waals surface area contributed by atoms with E-state index in [1.807, 2.05) is 6.92 Å². The predicted octanol–water partition coefficient (Wildman–Crippen LogP) is 0.270. The van der Waals surface area contributed by atoms with Gasteiger partial charge in [-0.1, -0.05) is 0 Å². The molecule has 64 heavy (non-hydrogen) atoms. The Hall–Kier alpha value is -0.100. The molecule has 1 saturated carbocycles. The molecule has 4 rings (SSSR count). The smallest absolute Gasteiger partial charge is 0.187 e. The predicted molar refractivity (Wildman–Crippen MR) is 236 cm³/mol. The van der Waals surface area contributed by atoms with E-state index in [2.05, 4.69) is 17.9 Å². The Balaban J connectivity index is 1.63. The summed E-state index contributed by atoms with van der Waals surface area (Å²) in [6.45, 7) is 3.59. The Morgan fingerprint density at radius 1 is 0.500 bits per heavy atom. The third-order valence-corrected chi connectivity index (χ3v) is 14.4. The van der Waals surface area contributed by atoms with E-state index in [9.17, 15) is 5.11 Å². The molecule has 4 fully saturated rings. The second kappa shape index (κ2) is 29.2. The number of hydrogen-bond donors (Lipinski definition) is 3. The van der Waals surface area contributed by atoms with Gasteiger partial charge in [0.2, 0.25) is 0 Å². The lowest BCUT2D eigenvalue weighted by Gasteiger charge is -2.53. The van der Waals surface area contributed by atoms with Crippen LogP contribution in [0.3, 0.4) is 0 Å². The van der Waals surface area contributed by atoms with Crippen molar-refractivity contribution in [2.24, 2.45) is 11.8 Å². The summed E-state index contributed by atoms with van der Waals surface area (Å²) in [6, 6.07) is -0.755. The van der Waals surface area contributed by atoms with Crippen LogP contribution in [0.2, 0.25) is 0 Å². The molecule has 0 aromatic rings. The highest BCUT2D eigenvalue weighted by Crippen LogP contribution is 2.42. The van der Waals surface area contributed by atoms with Crippen molar-refractivity contribution < 1.29 is 90.4 Å². The summed E-state index contributed by atoms with van der Waals surface area (Å²) in [6.07, 6.45) is -11.3. The van der Waals surface area contributed by atoms with Crippen LogP contribution in [0.5, 0.6) is 0 Å². The topological polar surface area (TPSA) is 198 Å². The van der Waals surface area contributed by atoms with E-state index >= 15 is 0 Å². The number of thioether (sulfide) groups is 1. The zero-order valence-corrected chi connectivity index (χ0v) is 41.6. The maximum absolute atomic E-state index is 10.7. The van der Waals surface area contributed by atoms with Crippen LogP contribution in [0, 0.1) is 11.8 Å². The lowest BCUT2D eigenvalue weighted by molar-refractivity contribution is -0.381. The third kappa shape index (κ3) is 13.2. The van der Waals surface area contributed by atoms with Crippen molar-refractivity contribution >= 4 is 24.4 Å². The van der Waals surface area contributed by atoms with Crippen molar-refractivity contribution in [3.05, 3.63) is 0 Å². The minimum absolute atomic E-state index is 0.0956. The molecule has 10 unspecified atom stereocenters. The van der Waals surface area contributed by atoms with Gasteiger partial charge in [0.1, 0.15) is 61.0 Å². The van der Waals surface area contributed by atoms with Crippen LogP contribution < -0.4 is 5.32 Å². The highest BCUT2D eigenvalue weighted by atomic mass is 32.2. The summed E-state index contributed by atoms with van der Waals surface area (Å²) in [5.74, 6) is 0.964. The molecule has 20 nitrogen and oxygen atoms in total. The van der Waals surface area contributed by atoms with Crippen LogP contribution in [-0.2, 0) is 85.3 Å². The fourth-order valence-corrected chi connectivity index (χ4v) is 11.5. The first kappa shape index (κ1) is 56.5. The Morgan fingerprint density at radius 2 is 0.969 bits per heavy atom. The van der Waals surface area contributed by atoms with Crippen LogP contribution >= 0.6 is 24.4 Å². The van der Waals surface area contributed by atoms with Crippen LogP contribution in [0.4, 0.5) is 0 Å². The van der Waals surface area contributed by atoms with Crippen molar-refractivity contribution in [2.75, 3.05) is 136 Å². The van der Waals surface area contributed by atoms with Gasteiger partial charge in [0.15, 0.2) is 18.9 Å². The number of ether oxygens (including phenoxy) is 18. The van der Waals surface area contributed by atoms with Crippen LogP contribution in [0.1, 0.15) is 6.92 Å². The molecule has 0 bridgehead atoms. The Kier molecular flexibility index (Phi) is 25.7. The number of methoxy groups -OCH3 is 12. The van der Waals surface area contributed by atoms with Gasteiger partial charge in [0, 0.05) is 127 Å². The number of thiol groups is 1. The van der Waals surface area contributed by atoms with Crippen molar-refractivity contribution in [1.29, 1.82) is 0 Å². The van der Waals surface area contributed by atoms with E-state index < -0.39 is 104 Å². The molecule has 0 spiro atoms. The summed E-state index contributed by atoms with van der Waals surface area (Å²) in [4.78, 5) is 0. The standard InChI is InChI=1S/C42H79NO19S2/c1-22-27(43-28-33(50-7)29(48-5)23(18-44)24(19-45-2)39(28)64-17-15-57-14-16-63)32(49-6)36(53-10)41(58-22)61-31-26(21-47-4)60-42(38(55-12)35(31)52-9)62-30-25(20-46-3)59-40(56-13)37(54-11)34(30)51-8/h22-44,63H,14-21H2,1-13H3/t22?,23-,24?,25?,26?,27-,28-,29+,30-,31-,32+,33?,34+,35+,36?,37?,38?,39?,40?,41-,42-/m0/s1. The zero-order chi connectivity index (χ0) is 46.9. The molecule has 1 aliphatic carbocycles. The lowest BCUT2D eigenvalue weighted by Crippen LogP contribution is -2.72. The van der Waals surface area contributed by atoms with E-state index in [1.54, 1.807) is 90.0 Å². The summed E-state index contributed by atoms with van der Waals surface area (Å²) in [5.41, 5.74) is 0. The highest BCUT2D eigenvalue weighted by Gasteiger charge is 2.57. The van der Waals surface area contributed by atoms with Gasteiger partial charge in [-0.25, -0.2) is 0 Å². The lowest BCUT2D eigenvalue weighted by atomic mass is 9.72. The fraction of sp³-hybridized carbons (Fsp3) is 1.00. The number of aliphatic hydroxyl groups excluding tert-OH is 1. The van der Waals surface area contributed by atoms with Gasteiger partial charge in [0.25, 0.3) is 0 Å². The molecular formula is C42H79NO19S2. The summed E-state index contributed by atoms with van der Waals surface area (Å²) < 4.78 is 110. The van der Waals surface area contributed by atoms with Crippen molar-refractivity contribution in [2.45, 2.75) is 122 Å². The Bertz CT molecular complexity index is 1260. The zero-order valence-electron chi connectivity index (χ0n) is 39.9. The normalized spacial score (nSPS) is 42.0. The van der Waals surface area contributed by atoms with Crippen molar-refractivity contribution in [1.82, 2.24) is 5.32 Å². The first-order valence-electron chi connectivity index (χ1n) is 21.8. The molecule has 378 valence electrons. The molecule has 3 heterocycles. The Morgan fingerprint density at radius 3 is 1.44 bits per heavy atom. The SMILES string of the molecule is COCC1C(SCCOCCS)[C@@H](N[C@H]2C(C)O[C@@H](O[C@H]3C(COC)O[C@@H](O[C@H]4C(COC)OC(OC)C(OC)[C@@H]4OC)C(OC)[C@@H]3OC)C(OC)[C@@H]2OC)C(OC)[C@H](OC)[C@H]1CO. The minimum atomic E-state index is -1.02. The van der Waals surface area contributed by atoms with Gasteiger partial charge in [-0.15, -0.1) is 0 Å². The molecular weight excluding hydrogens is 887 g/mol. The van der Waals surface area contributed by atoms with E-state index in [4.69, 9.17) is 85.3 Å². The second-order valence-corrected chi connectivity index (χ2v) is 17.8. The maximum Gasteiger partial charge on any atom is 0.187 e. The first-order valence-corrected chi connectivity index (χ1v) is 23.4. The van der Waals surface area contributed by atoms with Crippen LogP contribution in [0.25, 0.3) is 0 Å². The number of hydrogen-bond acceptors (Lipinski definition) is 22. The van der Waals surface area contributed by atoms with Gasteiger partial charge in [-0.2, -0.15) is 24.4 Å². The Labute approximate surface area is 389 Å². The van der Waals surface area contributed by atoms with Gasteiger partial charge in [0.05, 0.1) is 57.4 Å². The molecule has 21 atom stereocenters. The average Bonchev–Trinajstić information content (AvgIpc) is 3.30. The van der Waals surface area contributed by atoms with E-state index in [0.717, 1.165) is 0 Å². The van der Waals surface area contributed by atoms with Gasteiger partial charge >= 0.3 is 0 Å². The summed E-state index contributed by atoms with van der Waals surface area (Å²) in [5, 5.41) is 14.5. The van der Waals surface area contributed by atoms with E-state index in [-0.39, 0.29) is 42.9 Å². The number of rotatable bonds is 28. The largest absolute Gasteiger partial charge is 0.396 e. The van der Waals surface area contributed by atoms with Crippen molar-refractivity contribution in [3.63, 3.8) is 0 Å². The molecule has 3 aliphatic heterocycles. The van der Waals surface area contributed by atoms with Gasteiger partial charge < -0.3 is 95.7 Å². The summed E-state index contributed by atoms with van der Waals surface area (Å²) in [7, 11) is 19.1. The average molecular weight is 966 g/mol. The van der Waals surface area contributed by atoms with Gasteiger partial charge in [-0.05, 0) is 6.92 Å². The molecule has 0 aromatic carbocycles. The van der Waals surface area contributed by atoms with E-state index in [1.165, 1.54) is 7.11 Å². The first-order chi connectivity index (χ1) is 31.1. The number of nitrogens with one attached hydrogen (secondary N) is 1. The molecule has 0 amide bonds. The highest BCUT2D eigenvalue weighted by molar-refractivity contribution is 8.00. The minimum Gasteiger partial charge on any atom is -0.396 e. The molecule has 0 radical (unpaired) electrons. The fourth-order valence-electron chi connectivity index (χ4n) is 9.87. The third-order valence-electron chi connectivity index (χ3n) is 12.8. The quantitative estimate of drug-likeness (QED) is 0.0713. The maximum atomic E-state index is 10.7. The number of aliphatic hydroxyl groups is 1. The molecule has 0 aromatic heterocycles. The van der Waals surface area contributed by atoms with Gasteiger partial charge in [-0.3, -0.25) is 0 Å². The van der Waals surface area contributed by atoms with E-state index in [0.29, 0.717) is 31.3 Å². The molecule has 22 heteroatoms. The molecule has 4 aliphatic rings. The molecule has 3 saturated heterocycles. The van der Waals surface area contributed by atoms with Crippen molar-refractivity contribution in [3.8, 4) is 0 Å². The monoisotopic (exact) mass is 965 g/mol. The van der Waals surface area contributed by atoms with Crippen LogP contribution in [0.15, 0.2) is 0 Å². The second-order valence-electron chi connectivity index (χ2n) is 16.1.